The third-order valence-corrected chi connectivity index (χ3v) is 6.00. The van der Waals surface area contributed by atoms with Gasteiger partial charge in [-0.25, -0.2) is 4.79 Å². The molecule has 0 spiro atoms. The molecule has 4 nitrogen and oxygen atoms in total. The maximum absolute atomic E-state index is 13.0. The van der Waals surface area contributed by atoms with Crippen molar-refractivity contribution in [3.63, 3.8) is 0 Å². The van der Waals surface area contributed by atoms with Crippen LogP contribution in [0.3, 0.4) is 0 Å². The smallest absolute Gasteiger partial charge is 0.411 e. The second-order valence-electron chi connectivity index (χ2n) is 8.77. The number of ether oxygens (including phenoxy) is 1. The molecule has 1 aromatic carbocycles. The molecule has 1 amide bonds. The van der Waals surface area contributed by atoms with Gasteiger partial charge in [0.1, 0.15) is 11.9 Å². The molecule has 3 fully saturated rings. The molecule has 0 N–H and O–H groups in total. The average molecular weight is 343 g/mol. The van der Waals surface area contributed by atoms with Crippen LogP contribution in [0.25, 0.3) is 0 Å². The summed E-state index contributed by atoms with van der Waals surface area (Å²) in [4.78, 5) is 26.2. The summed E-state index contributed by atoms with van der Waals surface area (Å²) in [6, 6.07) is 10.0. The molecule has 136 valence electrons. The molecule has 0 saturated heterocycles. The van der Waals surface area contributed by atoms with Gasteiger partial charge in [0.2, 0.25) is 0 Å². The fourth-order valence-electron chi connectivity index (χ4n) is 4.09. The first-order valence-corrected chi connectivity index (χ1v) is 9.29. The summed E-state index contributed by atoms with van der Waals surface area (Å²) in [5.41, 5.74) is 0.253. The van der Waals surface area contributed by atoms with Gasteiger partial charge in [-0.15, -0.1) is 0 Å². The molecule has 0 radical (unpaired) electrons. The number of hydrogen-bond acceptors (Lipinski definition) is 3. The van der Waals surface area contributed by atoms with Gasteiger partial charge in [0.15, 0.2) is 0 Å². The number of benzene rings is 1. The number of aldehydes is 1. The second-order valence-corrected chi connectivity index (χ2v) is 8.77. The highest BCUT2D eigenvalue weighted by Gasteiger charge is 2.51. The second kappa shape index (κ2) is 6.47. The van der Waals surface area contributed by atoms with Gasteiger partial charge in [-0.2, -0.15) is 0 Å². The molecule has 0 aliphatic heterocycles. The van der Waals surface area contributed by atoms with Crippen molar-refractivity contribution >= 4 is 12.4 Å². The molecule has 3 saturated carbocycles. The number of carbonyl (C=O) groups excluding carboxylic acids is 2. The number of nitrogens with zero attached hydrogens (tertiary/aromatic N) is 1. The van der Waals surface area contributed by atoms with Gasteiger partial charge in [-0.1, -0.05) is 30.3 Å². The van der Waals surface area contributed by atoms with E-state index in [1.54, 1.807) is 0 Å². The molecule has 0 heterocycles. The Labute approximate surface area is 150 Å². The third-order valence-electron chi connectivity index (χ3n) is 6.00. The van der Waals surface area contributed by atoms with E-state index in [4.69, 9.17) is 4.74 Å². The minimum Gasteiger partial charge on any atom is -0.443 e. The first-order valence-electron chi connectivity index (χ1n) is 9.29. The quantitative estimate of drug-likeness (QED) is 0.743. The van der Waals surface area contributed by atoms with Crippen LogP contribution in [0.4, 0.5) is 4.79 Å². The van der Waals surface area contributed by atoms with Crippen LogP contribution in [0.5, 0.6) is 0 Å². The van der Waals surface area contributed by atoms with Crippen molar-refractivity contribution in [3.05, 3.63) is 35.9 Å². The van der Waals surface area contributed by atoms with Gasteiger partial charge in [-0.3, -0.25) is 4.90 Å². The first-order chi connectivity index (χ1) is 11.8. The van der Waals surface area contributed by atoms with Crippen molar-refractivity contribution in [3.8, 4) is 0 Å². The molecule has 0 atom stereocenters. The average Bonchev–Trinajstić information content (AvgIpc) is 2.61. The number of fused-ring (bicyclic) bond motifs is 3. The number of carbonyl (C=O) groups is 2. The molecular formula is C21H29NO3. The van der Waals surface area contributed by atoms with E-state index in [0.717, 1.165) is 50.4 Å². The van der Waals surface area contributed by atoms with E-state index < -0.39 is 0 Å². The molecule has 3 aliphatic carbocycles. The Morgan fingerprint density at radius 3 is 2.12 bits per heavy atom. The fraction of sp³-hybridized carbons (Fsp3) is 0.619. The Morgan fingerprint density at radius 1 is 1.08 bits per heavy atom. The SMILES string of the molecule is CC(C)(C)N(Cc1ccccc1)C(=O)OC12CCC(C=O)(CC1)CC2. The van der Waals surface area contributed by atoms with Crippen molar-refractivity contribution in [2.75, 3.05) is 0 Å². The van der Waals surface area contributed by atoms with E-state index in [9.17, 15) is 9.59 Å². The van der Waals surface area contributed by atoms with Gasteiger partial charge in [0, 0.05) is 17.5 Å². The predicted molar refractivity (Wildman–Crippen MR) is 97.1 cm³/mol. The molecule has 3 aliphatic rings. The Kier molecular flexibility index (Phi) is 4.65. The first kappa shape index (κ1) is 18.0. The highest BCUT2D eigenvalue weighted by molar-refractivity contribution is 5.69. The largest absolute Gasteiger partial charge is 0.443 e. The van der Waals surface area contributed by atoms with Gasteiger partial charge in [0.25, 0.3) is 0 Å². The van der Waals surface area contributed by atoms with Crippen LogP contribution in [-0.2, 0) is 16.1 Å². The molecule has 4 rings (SSSR count). The maximum atomic E-state index is 13.0. The lowest BCUT2D eigenvalue weighted by molar-refractivity contribution is -0.136. The lowest BCUT2D eigenvalue weighted by atomic mass is 9.59. The maximum Gasteiger partial charge on any atom is 0.411 e. The molecule has 0 unspecified atom stereocenters. The molecule has 2 bridgehead atoms. The zero-order valence-corrected chi connectivity index (χ0v) is 15.6. The van der Waals surface area contributed by atoms with E-state index in [0.29, 0.717) is 6.54 Å². The van der Waals surface area contributed by atoms with Gasteiger partial charge in [0.05, 0.1) is 0 Å². The number of hydrogen-bond donors (Lipinski definition) is 0. The Morgan fingerprint density at radius 2 is 1.64 bits per heavy atom. The highest BCUT2D eigenvalue weighted by Crippen LogP contribution is 2.53. The van der Waals surface area contributed by atoms with Crippen molar-refractivity contribution in [1.29, 1.82) is 0 Å². The standard InChI is InChI=1S/C21H29NO3/c1-19(2,3)22(15-17-7-5-4-6-8-17)18(24)25-21-12-9-20(16-23,10-13-21)11-14-21/h4-8,16H,9-15H2,1-3H3. The summed E-state index contributed by atoms with van der Waals surface area (Å²) in [7, 11) is 0. The number of amides is 1. The number of rotatable bonds is 4. The Hall–Kier alpha value is -1.84. The molecule has 25 heavy (non-hydrogen) atoms. The van der Waals surface area contributed by atoms with Crippen LogP contribution in [-0.4, -0.2) is 28.4 Å². The van der Waals surface area contributed by atoms with Crippen LogP contribution < -0.4 is 0 Å². The van der Waals surface area contributed by atoms with Gasteiger partial charge in [-0.05, 0) is 64.9 Å². The van der Waals surface area contributed by atoms with E-state index in [1.165, 1.54) is 0 Å². The summed E-state index contributed by atoms with van der Waals surface area (Å²) in [5.74, 6) is 0. The lowest BCUT2D eigenvalue weighted by Crippen LogP contribution is -2.53. The van der Waals surface area contributed by atoms with Crippen molar-refractivity contribution in [2.45, 2.75) is 77.0 Å². The zero-order valence-electron chi connectivity index (χ0n) is 15.6. The van der Waals surface area contributed by atoms with Crippen LogP contribution in [0.15, 0.2) is 30.3 Å². The van der Waals surface area contributed by atoms with Crippen molar-refractivity contribution in [1.82, 2.24) is 4.90 Å². The summed E-state index contributed by atoms with van der Waals surface area (Å²) >= 11 is 0. The molecular weight excluding hydrogens is 314 g/mol. The minimum atomic E-state index is -0.373. The predicted octanol–water partition coefficient (Wildman–Crippen LogP) is 4.72. The lowest BCUT2D eigenvalue weighted by Gasteiger charge is -2.51. The van der Waals surface area contributed by atoms with Crippen LogP contribution >= 0.6 is 0 Å². The molecule has 4 heteroatoms. The van der Waals surface area contributed by atoms with Gasteiger partial charge < -0.3 is 9.53 Å². The van der Waals surface area contributed by atoms with Gasteiger partial charge >= 0.3 is 6.09 Å². The normalized spacial score (nSPS) is 28.4. The summed E-state index contributed by atoms with van der Waals surface area (Å²) in [5, 5.41) is 0. The highest BCUT2D eigenvalue weighted by atomic mass is 16.6. The van der Waals surface area contributed by atoms with Crippen molar-refractivity contribution in [2.24, 2.45) is 5.41 Å². The molecule has 1 aromatic rings. The summed E-state index contributed by atoms with van der Waals surface area (Å²) < 4.78 is 6.09. The van der Waals surface area contributed by atoms with Crippen molar-refractivity contribution < 1.29 is 14.3 Å². The van der Waals surface area contributed by atoms with Crippen LogP contribution in [0, 0.1) is 5.41 Å². The fourth-order valence-corrected chi connectivity index (χ4v) is 4.09. The van der Waals surface area contributed by atoms with E-state index >= 15 is 0 Å². The van der Waals surface area contributed by atoms with E-state index in [2.05, 4.69) is 0 Å². The van der Waals surface area contributed by atoms with E-state index in [-0.39, 0.29) is 22.6 Å². The topological polar surface area (TPSA) is 46.6 Å². The Balaban J connectivity index is 1.72. The molecule has 0 aromatic heterocycles. The third kappa shape index (κ3) is 3.73. The zero-order chi connectivity index (χ0) is 18.1. The van der Waals surface area contributed by atoms with Crippen LogP contribution in [0.2, 0.25) is 0 Å². The minimum absolute atomic E-state index is 0.151. The van der Waals surface area contributed by atoms with Crippen LogP contribution in [0.1, 0.15) is 64.9 Å². The van der Waals surface area contributed by atoms with E-state index in [1.807, 2.05) is 56.0 Å². The monoisotopic (exact) mass is 343 g/mol. The summed E-state index contributed by atoms with van der Waals surface area (Å²) in [6.45, 7) is 6.65. The Bertz CT molecular complexity index is 608. The summed E-state index contributed by atoms with van der Waals surface area (Å²) in [6.07, 6.45) is 5.85.